The quantitative estimate of drug-likeness (QED) is 0.357. The van der Waals surface area contributed by atoms with Crippen molar-refractivity contribution in [2.75, 3.05) is 18.4 Å². The predicted octanol–water partition coefficient (Wildman–Crippen LogP) is 4.58. The highest BCUT2D eigenvalue weighted by Crippen LogP contribution is 2.34. The van der Waals surface area contributed by atoms with Gasteiger partial charge in [0.1, 0.15) is 0 Å². The van der Waals surface area contributed by atoms with Crippen LogP contribution >= 0.6 is 11.8 Å². The number of halogens is 3. The van der Waals surface area contributed by atoms with Gasteiger partial charge in [0.25, 0.3) is 5.69 Å². The number of anilines is 1. The minimum Gasteiger partial charge on any atom is -0.333 e. The van der Waals surface area contributed by atoms with Crippen molar-refractivity contribution in [3.05, 3.63) is 64.2 Å². The molecule has 7 nitrogen and oxygen atoms in total. The van der Waals surface area contributed by atoms with Gasteiger partial charge in [-0.25, -0.2) is 0 Å². The molecule has 1 N–H and O–H groups in total. The summed E-state index contributed by atoms with van der Waals surface area (Å²) in [6.07, 6.45) is -4.62. The number of amides is 2. The van der Waals surface area contributed by atoms with Crippen molar-refractivity contribution < 1.29 is 27.7 Å². The SMILES string of the molecule is CCN(CC(=O)Nc1ccccc1C(F)(F)F)C(=O)C(C)Sc1ccc([N+](=O)[O-])cc1. The molecular weight excluding hydrogens is 435 g/mol. The minimum atomic E-state index is -4.62. The van der Waals surface area contributed by atoms with E-state index in [0.717, 1.165) is 23.9 Å². The Morgan fingerprint density at radius 3 is 2.32 bits per heavy atom. The summed E-state index contributed by atoms with van der Waals surface area (Å²) >= 11 is 1.16. The van der Waals surface area contributed by atoms with E-state index < -0.39 is 34.4 Å². The smallest absolute Gasteiger partial charge is 0.333 e. The van der Waals surface area contributed by atoms with Crippen LogP contribution in [0, 0.1) is 10.1 Å². The molecule has 0 aromatic heterocycles. The average molecular weight is 455 g/mol. The van der Waals surface area contributed by atoms with Gasteiger partial charge in [0, 0.05) is 23.6 Å². The molecule has 1 unspecified atom stereocenters. The maximum absolute atomic E-state index is 13.1. The van der Waals surface area contributed by atoms with Gasteiger partial charge in [0.05, 0.1) is 28.0 Å². The molecule has 0 saturated heterocycles. The van der Waals surface area contributed by atoms with Crippen LogP contribution in [0.15, 0.2) is 53.4 Å². The van der Waals surface area contributed by atoms with Crippen LogP contribution in [0.3, 0.4) is 0 Å². The Labute approximate surface area is 180 Å². The second kappa shape index (κ2) is 10.3. The molecule has 2 aromatic carbocycles. The Balaban J connectivity index is 2.02. The molecule has 11 heteroatoms. The topological polar surface area (TPSA) is 92.6 Å². The third-order valence-corrected chi connectivity index (χ3v) is 5.34. The molecule has 0 heterocycles. The summed E-state index contributed by atoms with van der Waals surface area (Å²) in [5, 5.41) is 12.3. The van der Waals surface area contributed by atoms with E-state index in [4.69, 9.17) is 0 Å². The van der Waals surface area contributed by atoms with Crippen molar-refractivity contribution in [1.82, 2.24) is 4.90 Å². The van der Waals surface area contributed by atoms with Crippen molar-refractivity contribution >= 4 is 35.0 Å². The van der Waals surface area contributed by atoms with E-state index in [1.807, 2.05) is 0 Å². The molecule has 0 radical (unpaired) electrons. The number of nitro benzene ring substituents is 1. The van der Waals surface area contributed by atoms with Gasteiger partial charge in [-0.2, -0.15) is 13.2 Å². The fourth-order valence-electron chi connectivity index (χ4n) is 2.71. The van der Waals surface area contributed by atoms with Gasteiger partial charge in [0.2, 0.25) is 11.8 Å². The van der Waals surface area contributed by atoms with E-state index in [0.29, 0.717) is 4.90 Å². The number of likely N-dealkylation sites (N-methyl/N-ethyl adjacent to an activating group) is 1. The van der Waals surface area contributed by atoms with Crippen LogP contribution in [-0.4, -0.2) is 40.0 Å². The zero-order valence-electron chi connectivity index (χ0n) is 16.7. The Bertz CT molecular complexity index is 951. The average Bonchev–Trinajstić information content (AvgIpc) is 2.71. The van der Waals surface area contributed by atoms with Gasteiger partial charge < -0.3 is 10.2 Å². The number of alkyl halides is 3. The third kappa shape index (κ3) is 6.71. The molecule has 0 aliphatic rings. The van der Waals surface area contributed by atoms with Crippen LogP contribution in [0.25, 0.3) is 0 Å². The molecular formula is C20H20F3N3O4S. The Hall–Kier alpha value is -3.08. The van der Waals surface area contributed by atoms with E-state index in [1.165, 1.54) is 41.3 Å². The highest BCUT2D eigenvalue weighted by atomic mass is 32.2. The predicted molar refractivity (Wildman–Crippen MR) is 111 cm³/mol. The number of non-ortho nitro benzene ring substituents is 1. The lowest BCUT2D eigenvalue weighted by molar-refractivity contribution is -0.384. The number of nitro groups is 1. The standard InChI is InChI=1S/C20H20F3N3O4S/c1-3-25(12-18(27)24-17-7-5-4-6-16(17)20(21,22)23)19(28)13(2)31-15-10-8-14(9-11-15)26(29)30/h4-11,13H,3,12H2,1-2H3,(H,24,27). The molecule has 166 valence electrons. The second-order valence-electron chi connectivity index (χ2n) is 6.46. The second-order valence-corrected chi connectivity index (χ2v) is 7.87. The van der Waals surface area contributed by atoms with Crippen molar-refractivity contribution in [3.8, 4) is 0 Å². The molecule has 31 heavy (non-hydrogen) atoms. The molecule has 0 spiro atoms. The molecule has 0 fully saturated rings. The molecule has 0 aliphatic heterocycles. The zero-order chi connectivity index (χ0) is 23.2. The zero-order valence-corrected chi connectivity index (χ0v) is 17.5. The number of carbonyl (C=O) groups is 2. The lowest BCUT2D eigenvalue weighted by atomic mass is 10.1. The van der Waals surface area contributed by atoms with Crippen LogP contribution in [-0.2, 0) is 15.8 Å². The number of nitrogens with one attached hydrogen (secondary N) is 1. The largest absolute Gasteiger partial charge is 0.418 e. The molecule has 2 amide bonds. The summed E-state index contributed by atoms with van der Waals surface area (Å²) in [4.78, 5) is 37.1. The molecule has 2 rings (SSSR count). The van der Waals surface area contributed by atoms with Gasteiger partial charge >= 0.3 is 6.18 Å². The number of nitrogens with zero attached hydrogens (tertiary/aromatic N) is 2. The molecule has 0 aliphatic carbocycles. The van der Waals surface area contributed by atoms with Crippen LogP contribution in [0.5, 0.6) is 0 Å². The summed E-state index contributed by atoms with van der Waals surface area (Å²) in [5.41, 5.74) is -1.43. The normalized spacial score (nSPS) is 12.2. The minimum absolute atomic E-state index is 0.0747. The molecule has 1 atom stereocenters. The highest BCUT2D eigenvalue weighted by molar-refractivity contribution is 8.00. The molecule has 0 saturated carbocycles. The Morgan fingerprint density at radius 2 is 1.77 bits per heavy atom. The Morgan fingerprint density at radius 1 is 1.16 bits per heavy atom. The first-order valence-corrected chi connectivity index (χ1v) is 10.1. The van der Waals surface area contributed by atoms with Crippen molar-refractivity contribution in [1.29, 1.82) is 0 Å². The van der Waals surface area contributed by atoms with Crippen LogP contribution in [0.1, 0.15) is 19.4 Å². The fraction of sp³-hybridized carbons (Fsp3) is 0.300. The van der Waals surface area contributed by atoms with Crippen LogP contribution < -0.4 is 5.32 Å². The number of carbonyl (C=O) groups excluding carboxylic acids is 2. The van der Waals surface area contributed by atoms with E-state index in [-0.39, 0.29) is 23.8 Å². The first-order valence-electron chi connectivity index (χ1n) is 9.19. The number of hydrogen-bond donors (Lipinski definition) is 1. The first kappa shape index (κ1) is 24.2. The number of thioether (sulfide) groups is 1. The van der Waals surface area contributed by atoms with Crippen LogP contribution in [0.2, 0.25) is 0 Å². The maximum atomic E-state index is 13.1. The van der Waals surface area contributed by atoms with Gasteiger partial charge in [-0.15, -0.1) is 11.8 Å². The summed E-state index contributed by atoms with van der Waals surface area (Å²) in [6, 6.07) is 10.3. The van der Waals surface area contributed by atoms with Crippen molar-refractivity contribution in [2.24, 2.45) is 0 Å². The maximum Gasteiger partial charge on any atom is 0.418 e. The molecule has 2 aromatic rings. The third-order valence-electron chi connectivity index (χ3n) is 4.24. The lowest BCUT2D eigenvalue weighted by Crippen LogP contribution is -2.41. The summed E-state index contributed by atoms with van der Waals surface area (Å²) in [7, 11) is 0. The molecule has 0 bridgehead atoms. The summed E-state index contributed by atoms with van der Waals surface area (Å²) in [5.74, 6) is -1.13. The number of rotatable bonds is 8. The van der Waals surface area contributed by atoms with E-state index in [1.54, 1.807) is 13.8 Å². The fourth-order valence-corrected chi connectivity index (χ4v) is 3.66. The number of para-hydroxylation sites is 1. The lowest BCUT2D eigenvalue weighted by Gasteiger charge is -2.24. The van der Waals surface area contributed by atoms with E-state index in [9.17, 15) is 32.9 Å². The number of hydrogen-bond acceptors (Lipinski definition) is 5. The Kier molecular flexibility index (Phi) is 8.03. The van der Waals surface area contributed by atoms with Gasteiger partial charge in [-0.05, 0) is 38.1 Å². The van der Waals surface area contributed by atoms with Gasteiger partial charge in [-0.3, -0.25) is 19.7 Å². The van der Waals surface area contributed by atoms with Crippen LogP contribution in [0.4, 0.5) is 24.5 Å². The first-order chi connectivity index (χ1) is 14.5. The van der Waals surface area contributed by atoms with Crippen molar-refractivity contribution in [2.45, 2.75) is 30.2 Å². The van der Waals surface area contributed by atoms with Gasteiger partial charge in [-0.1, -0.05) is 12.1 Å². The van der Waals surface area contributed by atoms with E-state index >= 15 is 0 Å². The van der Waals surface area contributed by atoms with Crippen molar-refractivity contribution in [3.63, 3.8) is 0 Å². The highest BCUT2D eigenvalue weighted by Gasteiger charge is 2.33. The van der Waals surface area contributed by atoms with Gasteiger partial charge in [0.15, 0.2) is 0 Å². The number of benzene rings is 2. The monoisotopic (exact) mass is 455 g/mol. The summed E-state index contributed by atoms with van der Waals surface area (Å²) in [6.45, 7) is 3.04. The summed E-state index contributed by atoms with van der Waals surface area (Å²) < 4.78 is 39.2. The van der Waals surface area contributed by atoms with E-state index in [2.05, 4.69) is 5.32 Å².